The van der Waals surface area contributed by atoms with Crippen molar-refractivity contribution in [3.63, 3.8) is 0 Å². The first-order chi connectivity index (χ1) is 18.6. The second-order valence-electron chi connectivity index (χ2n) is 10.3. The van der Waals surface area contributed by atoms with Crippen LogP contribution in [0.2, 0.25) is 0 Å². The molecule has 1 atom stereocenters. The average molecular weight is 577 g/mol. The van der Waals surface area contributed by atoms with Crippen molar-refractivity contribution in [2.45, 2.75) is 68.6 Å². The highest BCUT2D eigenvalue weighted by Crippen LogP contribution is 2.40. The van der Waals surface area contributed by atoms with Gasteiger partial charge >= 0.3 is 6.18 Å². The van der Waals surface area contributed by atoms with Crippen LogP contribution in [-0.2, 0) is 27.4 Å². The molecule has 0 spiro atoms. The Labute approximate surface area is 231 Å². The molecule has 2 heterocycles. The fraction of sp³-hybridized carbons (Fsp3) is 0.414. The number of carbonyl (C=O) groups excluding carboxylic acids is 1. The number of carbonyl (C=O) groups is 1. The van der Waals surface area contributed by atoms with Crippen molar-refractivity contribution >= 4 is 27.3 Å². The van der Waals surface area contributed by atoms with Crippen molar-refractivity contribution in [3.05, 3.63) is 87.1 Å². The van der Waals surface area contributed by atoms with E-state index in [0.717, 1.165) is 48.1 Å². The molecule has 1 aromatic heterocycles. The van der Waals surface area contributed by atoms with E-state index in [0.29, 0.717) is 31.9 Å². The molecule has 5 nitrogen and oxygen atoms in total. The number of hydrogen-bond donors (Lipinski definition) is 0. The highest BCUT2D eigenvalue weighted by molar-refractivity contribution is 7.89. The number of benzene rings is 2. The molecule has 2 aliphatic rings. The molecular formula is C29H31F3N2O3S2. The van der Waals surface area contributed by atoms with Crippen LogP contribution < -0.4 is 0 Å². The number of hydrogen-bond acceptors (Lipinski definition) is 4. The molecule has 0 saturated heterocycles. The van der Waals surface area contributed by atoms with Crippen LogP contribution in [0.1, 0.15) is 65.3 Å². The zero-order valence-corrected chi connectivity index (χ0v) is 23.3. The lowest BCUT2D eigenvalue weighted by Gasteiger charge is -2.39. The summed E-state index contributed by atoms with van der Waals surface area (Å²) in [6, 6.07) is 12.9. The Balaban J connectivity index is 1.51. The topological polar surface area (TPSA) is 57.7 Å². The molecule has 3 aromatic rings. The van der Waals surface area contributed by atoms with Crippen molar-refractivity contribution in [1.82, 2.24) is 9.21 Å². The normalized spacial score (nSPS) is 18.8. The fourth-order valence-corrected chi connectivity index (χ4v) is 8.37. The third-order valence-electron chi connectivity index (χ3n) is 7.81. The van der Waals surface area contributed by atoms with Crippen LogP contribution in [0.3, 0.4) is 0 Å². The van der Waals surface area contributed by atoms with E-state index in [-0.39, 0.29) is 11.9 Å². The summed E-state index contributed by atoms with van der Waals surface area (Å²) in [7, 11) is -4.37. The Morgan fingerprint density at radius 1 is 1.03 bits per heavy atom. The zero-order valence-electron chi connectivity index (χ0n) is 21.7. The molecule has 1 saturated carbocycles. The van der Waals surface area contributed by atoms with Crippen molar-refractivity contribution in [2.24, 2.45) is 0 Å². The number of thiophene rings is 1. The van der Waals surface area contributed by atoms with E-state index in [1.54, 1.807) is 16.2 Å². The van der Waals surface area contributed by atoms with Gasteiger partial charge in [0.05, 0.1) is 23.0 Å². The van der Waals surface area contributed by atoms with E-state index in [2.05, 4.69) is 0 Å². The molecule has 10 heteroatoms. The van der Waals surface area contributed by atoms with Gasteiger partial charge in [-0.05, 0) is 72.5 Å². The minimum Gasteiger partial charge on any atom is -0.330 e. The number of fused-ring (bicyclic) bond motifs is 1. The number of amides is 1. The molecule has 208 valence electrons. The standard InChI is InChI=1S/C29H31F3N2O3S2/c1-20-8-5-6-13-24(20)28-25-15-17-38-26(25)14-16-33(28)27(35)19-34(22-10-3-2-4-11-22)39(36,37)23-12-7-9-21(18-23)29(30,31)32/h5-9,12-13,15,17-18,22,28H,2-4,10-11,14,16,19H2,1H3. The van der Waals surface area contributed by atoms with Gasteiger partial charge in [-0.2, -0.15) is 17.5 Å². The highest BCUT2D eigenvalue weighted by Gasteiger charge is 2.40. The predicted octanol–water partition coefficient (Wildman–Crippen LogP) is 6.57. The van der Waals surface area contributed by atoms with E-state index < -0.39 is 39.2 Å². The number of sulfonamides is 1. The lowest BCUT2D eigenvalue weighted by Crippen LogP contribution is -2.50. The van der Waals surface area contributed by atoms with Crippen LogP contribution in [0, 0.1) is 6.92 Å². The van der Waals surface area contributed by atoms with Gasteiger partial charge in [0.1, 0.15) is 0 Å². The van der Waals surface area contributed by atoms with Gasteiger partial charge in [-0.25, -0.2) is 8.42 Å². The van der Waals surface area contributed by atoms with Crippen LogP contribution in [0.4, 0.5) is 13.2 Å². The second-order valence-corrected chi connectivity index (χ2v) is 13.2. The Morgan fingerprint density at radius 2 is 1.77 bits per heavy atom. The molecule has 5 rings (SSSR count). The van der Waals surface area contributed by atoms with Gasteiger partial charge in [0.2, 0.25) is 15.9 Å². The van der Waals surface area contributed by atoms with Crippen LogP contribution in [-0.4, -0.2) is 42.7 Å². The Kier molecular flexibility index (Phi) is 7.90. The molecule has 39 heavy (non-hydrogen) atoms. The van der Waals surface area contributed by atoms with Crippen LogP contribution in [0.25, 0.3) is 0 Å². The Morgan fingerprint density at radius 3 is 2.49 bits per heavy atom. The molecule has 0 bridgehead atoms. The summed E-state index contributed by atoms with van der Waals surface area (Å²) in [4.78, 5) is 16.5. The van der Waals surface area contributed by atoms with Crippen molar-refractivity contribution in [3.8, 4) is 0 Å². The summed E-state index contributed by atoms with van der Waals surface area (Å²) in [5.74, 6) is -0.346. The lowest BCUT2D eigenvalue weighted by atomic mass is 9.90. The van der Waals surface area contributed by atoms with Gasteiger partial charge in [-0.3, -0.25) is 4.79 Å². The monoisotopic (exact) mass is 576 g/mol. The van der Waals surface area contributed by atoms with Crippen LogP contribution >= 0.6 is 11.3 Å². The van der Waals surface area contributed by atoms with Gasteiger partial charge in [0, 0.05) is 17.5 Å². The maximum atomic E-state index is 14.0. The maximum absolute atomic E-state index is 14.0. The van der Waals surface area contributed by atoms with Gasteiger partial charge in [0.25, 0.3) is 0 Å². The average Bonchev–Trinajstić information content (AvgIpc) is 3.40. The summed E-state index contributed by atoms with van der Waals surface area (Å²) in [5.41, 5.74) is 2.02. The van der Waals surface area contributed by atoms with Gasteiger partial charge < -0.3 is 4.90 Å². The summed E-state index contributed by atoms with van der Waals surface area (Å²) >= 11 is 1.65. The van der Waals surface area contributed by atoms with Crippen molar-refractivity contribution in [1.29, 1.82) is 0 Å². The molecule has 1 aliphatic carbocycles. The fourth-order valence-electron chi connectivity index (χ4n) is 5.79. The first kappa shape index (κ1) is 27.9. The van der Waals surface area contributed by atoms with E-state index in [1.807, 2.05) is 42.6 Å². The smallest absolute Gasteiger partial charge is 0.330 e. The number of halogens is 3. The second kappa shape index (κ2) is 11.1. The maximum Gasteiger partial charge on any atom is 0.416 e. The summed E-state index contributed by atoms with van der Waals surface area (Å²) in [6.45, 7) is 2.02. The predicted molar refractivity (Wildman–Crippen MR) is 145 cm³/mol. The third-order valence-corrected chi connectivity index (χ3v) is 10.7. The van der Waals surface area contributed by atoms with Crippen molar-refractivity contribution < 1.29 is 26.4 Å². The first-order valence-corrected chi connectivity index (χ1v) is 15.5. The van der Waals surface area contributed by atoms with Crippen LogP contribution in [0.5, 0.6) is 0 Å². The molecule has 0 N–H and O–H groups in total. The minimum atomic E-state index is -4.68. The highest BCUT2D eigenvalue weighted by atomic mass is 32.2. The van der Waals surface area contributed by atoms with E-state index in [4.69, 9.17) is 0 Å². The SMILES string of the molecule is Cc1ccccc1C1c2ccsc2CCN1C(=O)CN(C1CCCCC1)S(=O)(=O)c1cccc(C(F)(F)F)c1. The van der Waals surface area contributed by atoms with E-state index in [9.17, 15) is 26.4 Å². The molecule has 0 radical (unpaired) electrons. The van der Waals surface area contributed by atoms with Gasteiger partial charge in [-0.1, -0.05) is 49.6 Å². The number of nitrogens with zero attached hydrogens (tertiary/aromatic N) is 2. The van der Waals surface area contributed by atoms with Gasteiger partial charge in [0.15, 0.2) is 0 Å². The number of rotatable bonds is 6. The van der Waals surface area contributed by atoms with Crippen molar-refractivity contribution in [2.75, 3.05) is 13.1 Å². The van der Waals surface area contributed by atoms with Gasteiger partial charge in [-0.15, -0.1) is 11.3 Å². The number of alkyl halides is 3. The molecular weight excluding hydrogens is 545 g/mol. The number of aryl methyl sites for hydroxylation is 1. The summed E-state index contributed by atoms with van der Waals surface area (Å²) < 4.78 is 69.2. The Hall–Kier alpha value is -2.69. The summed E-state index contributed by atoms with van der Waals surface area (Å²) in [5, 5.41) is 2.01. The largest absolute Gasteiger partial charge is 0.416 e. The van der Waals surface area contributed by atoms with Crippen LogP contribution in [0.15, 0.2) is 64.9 Å². The zero-order chi connectivity index (χ0) is 27.8. The molecule has 1 fully saturated rings. The Bertz CT molecular complexity index is 1450. The minimum absolute atomic E-state index is 0.346. The molecule has 1 aliphatic heterocycles. The quantitative estimate of drug-likeness (QED) is 0.334. The first-order valence-electron chi connectivity index (χ1n) is 13.2. The molecule has 1 amide bonds. The molecule has 1 unspecified atom stereocenters. The third kappa shape index (κ3) is 5.64. The van der Waals surface area contributed by atoms with E-state index in [1.165, 1.54) is 15.2 Å². The van der Waals surface area contributed by atoms with E-state index >= 15 is 0 Å². The lowest BCUT2D eigenvalue weighted by molar-refractivity contribution is -0.138. The summed E-state index contributed by atoms with van der Waals surface area (Å²) in [6.07, 6.45) is -0.287. The molecule has 2 aromatic carbocycles.